The van der Waals surface area contributed by atoms with Gasteiger partial charge >= 0.3 is 0 Å². The van der Waals surface area contributed by atoms with Gasteiger partial charge in [-0.1, -0.05) is 43.7 Å². The Hall–Kier alpha value is -1.88. The number of nitrogens with one attached hydrogen (secondary N) is 2. The largest absolute Gasteiger partial charge is 0.352 e. The fourth-order valence-electron chi connectivity index (χ4n) is 3.65. The van der Waals surface area contributed by atoms with Gasteiger partial charge in [-0.3, -0.25) is 14.9 Å². The molecule has 0 unspecified atom stereocenters. The van der Waals surface area contributed by atoms with E-state index in [9.17, 15) is 9.59 Å². The van der Waals surface area contributed by atoms with Crippen LogP contribution in [0, 0.1) is 5.92 Å². The van der Waals surface area contributed by atoms with Gasteiger partial charge in [-0.15, -0.1) is 0 Å². The Balaban J connectivity index is 1.72. The first-order chi connectivity index (χ1) is 12.1. The fourth-order valence-corrected chi connectivity index (χ4v) is 3.65. The summed E-state index contributed by atoms with van der Waals surface area (Å²) in [6.07, 6.45) is 4.05. The van der Waals surface area contributed by atoms with Crippen LogP contribution < -0.4 is 10.6 Å². The Labute approximate surface area is 150 Å². The summed E-state index contributed by atoms with van der Waals surface area (Å²) >= 11 is 0. The maximum Gasteiger partial charge on any atom is 0.241 e. The van der Waals surface area contributed by atoms with Gasteiger partial charge in [0.15, 0.2) is 0 Å². The molecule has 1 heterocycles. The number of hydrogen-bond acceptors (Lipinski definition) is 3. The monoisotopic (exact) mass is 343 g/mol. The molecule has 5 heteroatoms. The van der Waals surface area contributed by atoms with E-state index in [2.05, 4.69) is 17.6 Å². The molecule has 1 aliphatic heterocycles. The summed E-state index contributed by atoms with van der Waals surface area (Å²) in [5.74, 6) is 0.582. The molecule has 0 aromatic heterocycles. The summed E-state index contributed by atoms with van der Waals surface area (Å²) < 4.78 is 0. The van der Waals surface area contributed by atoms with Gasteiger partial charge in [0, 0.05) is 32.1 Å². The van der Waals surface area contributed by atoms with Crippen molar-refractivity contribution < 1.29 is 9.59 Å². The van der Waals surface area contributed by atoms with Crippen LogP contribution in [0.4, 0.5) is 0 Å². The number of likely N-dealkylation sites (tertiary alicyclic amines) is 1. The van der Waals surface area contributed by atoms with Crippen LogP contribution in [0.1, 0.15) is 51.1 Å². The van der Waals surface area contributed by atoms with E-state index in [1.807, 2.05) is 35.2 Å². The average molecular weight is 343 g/mol. The van der Waals surface area contributed by atoms with Crippen molar-refractivity contribution in [1.29, 1.82) is 0 Å². The summed E-state index contributed by atoms with van der Waals surface area (Å²) in [5, 5.41) is 6.75. The van der Waals surface area contributed by atoms with Crippen molar-refractivity contribution in [3.8, 4) is 0 Å². The Morgan fingerprint density at radius 2 is 1.92 bits per heavy atom. The van der Waals surface area contributed by atoms with E-state index in [1.54, 1.807) is 6.92 Å². The van der Waals surface area contributed by atoms with Gasteiger partial charge in [-0.05, 0) is 30.7 Å². The molecule has 1 aliphatic carbocycles. The first kappa shape index (κ1) is 17.9. The van der Waals surface area contributed by atoms with Crippen LogP contribution >= 0.6 is 0 Å². The molecule has 136 valence electrons. The van der Waals surface area contributed by atoms with E-state index in [4.69, 9.17) is 0 Å². The minimum absolute atomic E-state index is 0.0672. The van der Waals surface area contributed by atoms with Crippen LogP contribution in [-0.4, -0.2) is 41.9 Å². The molecule has 1 saturated heterocycles. The summed E-state index contributed by atoms with van der Waals surface area (Å²) in [7, 11) is 0. The molecular formula is C20H29N3O2. The molecule has 25 heavy (non-hydrogen) atoms. The quantitative estimate of drug-likeness (QED) is 0.833. The van der Waals surface area contributed by atoms with Crippen molar-refractivity contribution in [2.24, 2.45) is 5.92 Å². The lowest BCUT2D eigenvalue weighted by Crippen LogP contribution is -2.53. The van der Waals surface area contributed by atoms with Gasteiger partial charge in [0.05, 0.1) is 0 Å². The molecule has 2 aliphatic rings. The van der Waals surface area contributed by atoms with Gasteiger partial charge in [0.25, 0.3) is 0 Å². The molecule has 0 spiro atoms. The number of hydrogen-bond donors (Lipinski definition) is 2. The van der Waals surface area contributed by atoms with E-state index in [0.717, 1.165) is 44.3 Å². The van der Waals surface area contributed by atoms with E-state index >= 15 is 0 Å². The number of carbonyl (C=O) groups excluding carboxylic acids is 2. The number of rotatable bonds is 6. The van der Waals surface area contributed by atoms with Crippen LogP contribution in [0.15, 0.2) is 30.3 Å². The summed E-state index contributed by atoms with van der Waals surface area (Å²) in [4.78, 5) is 26.4. The minimum atomic E-state index is -0.329. The second kappa shape index (κ2) is 8.00. The third-order valence-corrected chi connectivity index (χ3v) is 5.40. The van der Waals surface area contributed by atoms with Crippen LogP contribution in [0.5, 0.6) is 0 Å². The van der Waals surface area contributed by atoms with Crippen LogP contribution in [0.3, 0.4) is 0 Å². The van der Waals surface area contributed by atoms with Gasteiger partial charge in [-0.2, -0.15) is 0 Å². The molecule has 0 radical (unpaired) electrons. The van der Waals surface area contributed by atoms with Crippen molar-refractivity contribution >= 4 is 11.8 Å². The lowest BCUT2D eigenvalue weighted by Gasteiger charge is -2.40. The smallest absolute Gasteiger partial charge is 0.241 e. The van der Waals surface area contributed by atoms with Crippen LogP contribution in [-0.2, 0) is 9.59 Å². The van der Waals surface area contributed by atoms with Gasteiger partial charge in [0.2, 0.25) is 11.8 Å². The molecule has 2 N–H and O–H groups in total. The maximum atomic E-state index is 12.8. The molecule has 2 amide bonds. The first-order valence-electron chi connectivity index (χ1n) is 9.45. The van der Waals surface area contributed by atoms with Crippen molar-refractivity contribution in [2.75, 3.05) is 13.1 Å². The second-order valence-corrected chi connectivity index (χ2v) is 7.32. The average Bonchev–Trinajstić information content (AvgIpc) is 3.44. The number of nitrogens with zero attached hydrogens (tertiary/aromatic N) is 1. The molecule has 2 fully saturated rings. The minimum Gasteiger partial charge on any atom is -0.352 e. The van der Waals surface area contributed by atoms with Crippen molar-refractivity contribution in [3.05, 3.63) is 35.9 Å². The number of carbonyl (C=O) groups is 2. The fraction of sp³-hybridized carbons (Fsp3) is 0.600. The second-order valence-electron chi connectivity index (χ2n) is 7.32. The SMILES string of the molecule is CC[C@@H]1CN(C(C)=O)CC[C@@H]1N[C@@H](C(=O)NC1CC1)c1ccccc1. The van der Waals surface area contributed by atoms with Crippen molar-refractivity contribution in [3.63, 3.8) is 0 Å². The zero-order valence-electron chi connectivity index (χ0n) is 15.2. The zero-order valence-corrected chi connectivity index (χ0v) is 15.2. The summed E-state index contributed by atoms with van der Waals surface area (Å²) in [6, 6.07) is 10.2. The standard InChI is InChI=1S/C20H29N3O2/c1-3-15-13-23(14(2)24)12-11-18(15)22-19(16-7-5-4-6-8-16)20(25)21-17-9-10-17/h4-8,15,17-19,22H,3,9-13H2,1-2H3,(H,21,25)/t15-,18+,19-/m1/s1. The molecule has 3 atom stereocenters. The lowest BCUT2D eigenvalue weighted by molar-refractivity contribution is -0.131. The van der Waals surface area contributed by atoms with Gasteiger partial charge in [0.1, 0.15) is 6.04 Å². The Kier molecular flexibility index (Phi) is 5.74. The van der Waals surface area contributed by atoms with Gasteiger partial charge < -0.3 is 10.2 Å². The highest BCUT2D eigenvalue weighted by Gasteiger charge is 2.34. The molecule has 3 rings (SSSR count). The highest BCUT2D eigenvalue weighted by atomic mass is 16.2. The predicted molar refractivity (Wildman–Crippen MR) is 97.9 cm³/mol. The van der Waals surface area contributed by atoms with Crippen molar-refractivity contribution in [1.82, 2.24) is 15.5 Å². The molecular weight excluding hydrogens is 314 g/mol. The molecule has 0 bridgehead atoms. The number of piperidine rings is 1. The molecule has 1 aromatic carbocycles. The summed E-state index contributed by atoms with van der Waals surface area (Å²) in [5.41, 5.74) is 1.00. The van der Waals surface area contributed by atoms with Crippen molar-refractivity contribution in [2.45, 2.75) is 57.7 Å². The van der Waals surface area contributed by atoms with E-state index in [-0.39, 0.29) is 23.9 Å². The van der Waals surface area contributed by atoms with Gasteiger partial charge in [-0.25, -0.2) is 0 Å². The predicted octanol–water partition coefficient (Wildman–Crippen LogP) is 2.24. The molecule has 1 saturated carbocycles. The van der Waals surface area contributed by atoms with E-state index in [0.29, 0.717) is 12.0 Å². The maximum absolute atomic E-state index is 12.8. The Morgan fingerprint density at radius 1 is 1.20 bits per heavy atom. The topological polar surface area (TPSA) is 61.4 Å². The van der Waals surface area contributed by atoms with E-state index in [1.165, 1.54) is 0 Å². The lowest BCUT2D eigenvalue weighted by atomic mass is 9.88. The molecule has 5 nitrogen and oxygen atoms in total. The van der Waals surface area contributed by atoms with Crippen LogP contribution in [0.25, 0.3) is 0 Å². The summed E-state index contributed by atoms with van der Waals surface area (Å²) in [6.45, 7) is 5.33. The highest BCUT2D eigenvalue weighted by molar-refractivity contribution is 5.83. The normalized spacial score (nSPS) is 24.6. The number of benzene rings is 1. The van der Waals surface area contributed by atoms with E-state index < -0.39 is 0 Å². The highest BCUT2D eigenvalue weighted by Crippen LogP contribution is 2.25. The first-order valence-corrected chi connectivity index (χ1v) is 9.45. The zero-order chi connectivity index (χ0) is 17.8. The Bertz CT molecular complexity index is 600. The number of amides is 2. The third-order valence-electron chi connectivity index (χ3n) is 5.40. The molecule has 1 aromatic rings. The third kappa shape index (κ3) is 4.60. The van der Waals surface area contributed by atoms with Crippen LogP contribution in [0.2, 0.25) is 0 Å². The Morgan fingerprint density at radius 3 is 2.52 bits per heavy atom.